The van der Waals surface area contributed by atoms with Crippen LogP contribution in [0.25, 0.3) is 0 Å². The first-order chi connectivity index (χ1) is 11.1. The van der Waals surface area contributed by atoms with E-state index >= 15 is 0 Å². The van der Waals surface area contributed by atoms with Crippen molar-refractivity contribution in [2.24, 2.45) is 5.92 Å². The highest BCUT2D eigenvalue weighted by Crippen LogP contribution is 2.26. The van der Waals surface area contributed by atoms with Crippen LogP contribution in [0.1, 0.15) is 25.5 Å². The van der Waals surface area contributed by atoms with Gasteiger partial charge in [-0.1, -0.05) is 56.3 Å². The van der Waals surface area contributed by atoms with Gasteiger partial charge in [0.25, 0.3) is 5.91 Å². The Labute approximate surface area is 137 Å². The maximum Gasteiger partial charge on any atom is 0.258 e. The normalized spacial score (nSPS) is 11.8. The predicted octanol–water partition coefficient (Wildman–Crippen LogP) is 3.59. The molecule has 0 aliphatic heterocycles. The standard InChI is InChI=1S/C19H23NO3/c1-14(2)19(15-9-5-4-6-10-15)20-18(21)13-23-17-12-8-7-11-16(17)22-3/h4-12,14,19H,13H2,1-3H3,(H,20,21)/t19-/m0/s1. The van der Waals surface area contributed by atoms with Gasteiger partial charge in [0.1, 0.15) is 0 Å². The Morgan fingerprint density at radius 2 is 1.61 bits per heavy atom. The van der Waals surface area contributed by atoms with Gasteiger partial charge in [0.15, 0.2) is 18.1 Å². The molecule has 0 unspecified atom stereocenters. The number of carbonyl (C=O) groups is 1. The number of methoxy groups -OCH3 is 1. The van der Waals surface area contributed by atoms with E-state index in [9.17, 15) is 4.79 Å². The van der Waals surface area contributed by atoms with E-state index in [0.29, 0.717) is 11.5 Å². The lowest BCUT2D eigenvalue weighted by Crippen LogP contribution is -2.35. The van der Waals surface area contributed by atoms with Crippen LogP contribution < -0.4 is 14.8 Å². The Morgan fingerprint density at radius 3 is 2.22 bits per heavy atom. The number of benzene rings is 2. The SMILES string of the molecule is COc1ccccc1OCC(=O)N[C@H](c1ccccc1)C(C)C. The fourth-order valence-electron chi connectivity index (χ4n) is 2.39. The second-order valence-corrected chi connectivity index (χ2v) is 5.64. The maximum atomic E-state index is 12.2. The molecule has 4 nitrogen and oxygen atoms in total. The highest BCUT2D eigenvalue weighted by molar-refractivity contribution is 5.78. The second-order valence-electron chi connectivity index (χ2n) is 5.64. The van der Waals surface area contributed by atoms with Crippen molar-refractivity contribution in [1.29, 1.82) is 0 Å². The molecule has 0 heterocycles. The average Bonchev–Trinajstić information content (AvgIpc) is 2.58. The van der Waals surface area contributed by atoms with Crippen LogP contribution in [-0.2, 0) is 4.79 Å². The lowest BCUT2D eigenvalue weighted by atomic mass is 9.96. The number of hydrogen-bond donors (Lipinski definition) is 1. The molecule has 1 amide bonds. The van der Waals surface area contributed by atoms with Crippen molar-refractivity contribution >= 4 is 5.91 Å². The van der Waals surface area contributed by atoms with Gasteiger partial charge in [0.05, 0.1) is 13.2 Å². The van der Waals surface area contributed by atoms with Crippen LogP contribution in [0.15, 0.2) is 54.6 Å². The van der Waals surface area contributed by atoms with Crippen molar-refractivity contribution in [2.75, 3.05) is 13.7 Å². The van der Waals surface area contributed by atoms with Gasteiger partial charge in [-0.2, -0.15) is 0 Å². The number of carbonyl (C=O) groups excluding carboxylic acids is 1. The summed E-state index contributed by atoms with van der Waals surface area (Å²) in [5.41, 5.74) is 1.09. The molecule has 2 rings (SSSR count). The van der Waals surface area contributed by atoms with Gasteiger partial charge in [0.2, 0.25) is 0 Å². The van der Waals surface area contributed by atoms with E-state index in [2.05, 4.69) is 19.2 Å². The summed E-state index contributed by atoms with van der Waals surface area (Å²) < 4.78 is 10.8. The third kappa shape index (κ3) is 4.74. The molecule has 0 bridgehead atoms. The number of ether oxygens (including phenoxy) is 2. The summed E-state index contributed by atoms with van der Waals surface area (Å²) in [6.45, 7) is 4.12. The van der Waals surface area contributed by atoms with E-state index in [-0.39, 0.29) is 24.5 Å². The first-order valence-electron chi connectivity index (χ1n) is 7.72. The number of nitrogens with one attached hydrogen (secondary N) is 1. The van der Waals surface area contributed by atoms with E-state index < -0.39 is 0 Å². The fourth-order valence-corrected chi connectivity index (χ4v) is 2.39. The molecule has 0 aromatic heterocycles. The maximum absolute atomic E-state index is 12.2. The third-order valence-electron chi connectivity index (χ3n) is 3.57. The molecule has 122 valence electrons. The van der Waals surface area contributed by atoms with Crippen molar-refractivity contribution < 1.29 is 14.3 Å². The predicted molar refractivity (Wildman–Crippen MR) is 90.7 cm³/mol. The molecule has 0 saturated carbocycles. The molecule has 0 fully saturated rings. The Hall–Kier alpha value is -2.49. The van der Waals surface area contributed by atoms with Crippen LogP contribution in [-0.4, -0.2) is 19.6 Å². The minimum Gasteiger partial charge on any atom is -0.493 e. The molecule has 0 aliphatic carbocycles. The van der Waals surface area contributed by atoms with Crippen molar-refractivity contribution in [3.05, 3.63) is 60.2 Å². The zero-order chi connectivity index (χ0) is 16.7. The molecule has 2 aromatic carbocycles. The van der Waals surface area contributed by atoms with Gasteiger partial charge < -0.3 is 14.8 Å². The van der Waals surface area contributed by atoms with Crippen molar-refractivity contribution in [3.8, 4) is 11.5 Å². The van der Waals surface area contributed by atoms with Gasteiger partial charge in [-0.05, 0) is 23.6 Å². The number of para-hydroxylation sites is 2. The largest absolute Gasteiger partial charge is 0.493 e. The molecule has 0 spiro atoms. The molecule has 23 heavy (non-hydrogen) atoms. The highest BCUT2D eigenvalue weighted by Gasteiger charge is 2.18. The van der Waals surface area contributed by atoms with Crippen molar-refractivity contribution in [2.45, 2.75) is 19.9 Å². The third-order valence-corrected chi connectivity index (χ3v) is 3.57. The van der Waals surface area contributed by atoms with Crippen molar-refractivity contribution in [3.63, 3.8) is 0 Å². The summed E-state index contributed by atoms with van der Waals surface area (Å²) in [7, 11) is 1.58. The molecule has 1 atom stereocenters. The summed E-state index contributed by atoms with van der Waals surface area (Å²) in [5.74, 6) is 1.31. The molecule has 4 heteroatoms. The van der Waals surface area contributed by atoms with Gasteiger partial charge in [-0.25, -0.2) is 0 Å². The Morgan fingerprint density at radius 1 is 1.00 bits per heavy atom. The van der Waals surface area contributed by atoms with Crippen LogP contribution in [0.2, 0.25) is 0 Å². The lowest BCUT2D eigenvalue weighted by molar-refractivity contribution is -0.124. The van der Waals surface area contributed by atoms with Gasteiger partial charge >= 0.3 is 0 Å². The zero-order valence-corrected chi connectivity index (χ0v) is 13.8. The number of rotatable bonds is 7. The quantitative estimate of drug-likeness (QED) is 0.850. The van der Waals surface area contributed by atoms with E-state index in [4.69, 9.17) is 9.47 Å². The molecule has 0 aliphatic rings. The lowest BCUT2D eigenvalue weighted by Gasteiger charge is -2.23. The summed E-state index contributed by atoms with van der Waals surface area (Å²) in [5, 5.41) is 3.04. The van der Waals surface area contributed by atoms with Crippen LogP contribution in [0.3, 0.4) is 0 Å². The number of amides is 1. The fraction of sp³-hybridized carbons (Fsp3) is 0.316. The van der Waals surface area contributed by atoms with E-state index in [1.165, 1.54) is 0 Å². The van der Waals surface area contributed by atoms with E-state index in [1.807, 2.05) is 42.5 Å². The first-order valence-corrected chi connectivity index (χ1v) is 7.72. The molecular weight excluding hydrogens is 290 g/mol. The highest BCUT2D eigenvalue weighted by atomic mass is 16.5. The van der Waals surface area contributed by atoms with Crippen molar-refractivity contribution in [1.82, 2.24) is 5.32 Å². The van der Waals surface area contributed by atoms with Crippen LogP contribution in [0.4, 0.5) is 0 Å². The summed E-state index contributed by atoms with van der Waals surface area (Å²) >= 11 is 0. The second kappa shape index (κ2) is 8.22. The Bertz CT molecular complexity index is 626. The van der Waals surface area contributed by atoms with Crippen LogP contribution in [0, 0.1) is 5.92 Å². The Balaban J connectivity index is 1.97. The van der Waals surface area contributed by atoms with Crippen LogP contribution in [0.5, 0.6) is 11.5 Å². The molecule has 2 aromatic rings. The summed E-state index contributed by atoms with van der Waals surface area (Å²) in [6.07, 6.45) is 0. The smallest absolute Gasteiger partial charge is 0.258 e. The first kappa shape index (κ1) is 16.9. The summed E-state index contributed by atoms with van der Waals surface area (Å²) in [6, 6.07) is 17.2. The topological polar surface area (TPSA) is 47.6 Å². The molecule has 0 saturated heterocycles. The monoisotopic (exact) mass is 313 g/mol. The van der Waals surface area contributed by atoms with Gasteiger partial charge in [-0.15, -0.1) is 0 Å². The number of hydrogen-bond acceptors (Lipinski definition) is 3. The van der Waals surface area contributed by atoms with E-state index in [0.717, 1.165) is 5.56 Å². The van der Waals surface area contributed by atoms with E-state index in [1.54, 1.807) is 19.2 Å². The zero-order valence-electron chi connectivity index (χ0n) is 13.8. The average molecular weight is 313 g/mol. The Kier molecular flexibility index (Phi) is 6.03. The minimum absolute atomic E-state index is 0.0371. The minimum atomic E-state index is -0.154. The summed E-state index contributed by atoms with van der Waals surface area (Å²) in [4.78, 5) is 12.2. The molecule has 0 radical (unpaired) electrons. The molecule has 1 N–H and O–H groups in total. The molecular formula is C19H23NO3. The van der Waals surface area contributed by atoms with Crippen LogP contribution >= 0.6 is 0 Å². The van der Waals surface area contributed by atoms with Gasteiger partial charge in [-0.3, -0.25) is 4.79 Å². The van der Waals surface area contributed by atoms with Gasteiger partial charge in [0, 0.05) is 0 Å².